The molecule has 1 aliphatic heterocycles. The van der Waals surface area contributed by atoms with Gasteiger partial charge in [0.05, 0.1) is 28.7 Å². The minimum absolute atomic E-state index is 0.0703. The minimum atomic E-state index is -4.54. The van der Waals surface area contributed by atoms with E-state index in [4.69, 9.17) is 9.31 Å². The molecule has 0 aromatic carbocycles. The number of aromatic nitrogens is 3. The Morgan fingerprint density at radius 2 is 1.70 bits per heavy atom. The topological polar surface area (TPSA) is 48.7 Å². The van der Waals surface area contributed by atoms with Crippen molar-refractivity contribution in [2.24, 2.45) is 0 Å². The molecule has 1 aliphatic rings. The van der Waals surface area contributed by atoms with Gasteiger partial charge in [-0.2, -0.15) is 18.3 Å². The van der Waals surface area contributed by atoms with Crippen LogP contribution in [-0.2, 0) is 15.5 Å². The molecule has 0 unspecified atom stereocenters. The Hall–Kier alpha value is -1.61. The second-order valence-corrected chi connectivity index (χ2v) is 6.72. The molecule has 5 nitrogen and oxygen atoms in total. The van der Waals surface area contributed by atoms with E-state index in [2.05, 4.69) is 10.1 Å². The second-order valence-electron chi connectivity index (χ2n) is 6.72. The molecule has 9 heteroatoms. The van der Waals surface area contributed by atoms with Crippen LogP contribution in [0.5, 0.6) is 0 Å². The zero-order valence-electron chi connectivity index (χ0n) is 13.5. The van der Waals surface area contributed by atoms with Crippen molar-refractivity contribution < 1.29 is 22.5 Å². The normalized spacial score (nSPS) is 20.4. The van der Waals surface area contributed by atoms with Gasteiger partial charge < -0.3 is 9.31 Å². The molecule has 0 atom stereocenters. The fourth-order valence-corrected chi connectivity index (χ4v) is 2.40. The van der Waals surface area contributed by atoms with Gasteiger partial charge in [-0.25, -0.2) is 9.50 Å². The molecule has 23 heavy (non-hydrogen) atoms. The van der Waals surface area contributed by atoms with Crippen molar-refractivity contribution in [1.29, 1.82) is 0 Å². The molecule has 3 rings (SSSR count). The lowest BCUT2D eigenvalue weighted by molar-refractivity contribution is -0.136. The second kappa shape index (κ2) is 4.70. The standard InChI is InChI=1S/C14H17BF3N3O2/c1-8-7-21-11(19-8)9(14(16,17)18)6-10(20-21)15-22-12(2,3)13(4,5)23-15/h6-7H,1-5H3. The van der Waals surface area contributed by atoms with Crippen LogP contribution in [-0.4, -0.2) is 32.9 Å². The maximum absolute atomic E-state index is 13.3. The predicted molar refractivity (Wildman–Crippen MR) is 78.4 cm³/mol. The van der Waals surface area contributed by atoms with Crippen LogP contribution in [0.2, 0.25) is 0 Å². The molecule has 2 aromatic rings. The highest BCUT2D eigenvalue weighted by Crippen LogP contribution is 2.37. The van der Waals surface area contributed by atoms with Gasteiger partial charge in [-0.05, 0) is 40.7 Å². The average Bonchev–Trinajstić information content (AvgIpc) is 2.83. The summed E-state index contributed by atoms with van der Waals surface area (Å²) in [5.41, 5.74) is -1.87. The SMILES string of the molecule is Cc1cn2nc(B3OC(C)(C)C(C)(C)O3)cc(C(F)(F)F)c2n1. The number of halogens is 3. The van der Waals surface area contributed by atoms with Crippen LogP contribution in [0.15, 0.2) is 12.3 Å². The van der Waals surface area contributed by atoms with Gasteiger partial charge in [0.25, 0.3) is 0 Å². The summed E-state index contributed by atoms with van der Waals surface area (Å²) in [7, 11) is -0.965. The maximum Gasteiger partial charge on any atom is 0.516 e. The van der Waals surface area contributed by atoms with Crippen molar-refractivity contribution in [3.63, 3.8) is 0 Å². The number of aryl methyl sites for hydroxylation is 1. The van der Waals surface area contributed by atoms with Gasteiger partial charge in [-0.1, -0.05) is 0 Å². The molecular weight excluding hydrogens is 310 g/mol. The first-order chi connectivity index (χ1) is 10.4. The van der Waals surface area contributed by atoms with Crippen molar-refractivity contribution in [2.75, 3.05) is 0 Å². The van der Waals surface area contributed by atoms with Crippen molar-refractivity contribution >= 4 is 18.4 Å². The van der Waals surface area contributed by atoms with Crippen LogP contribution in [0.4, 0.5) is 13.2 Å². The summed E-state index contributed by atoms with van der Waals surface area (Å²) >= 11 is 0. The zero-order valence-corrected chi connectivity index (χ0v) is 13.5. The lowest BCUT2D eigenvalue weighted by atomic mass is 9.84. The van der Waals surface area contributed by atoms with E-state index in [-0.39, 0.29) is 11.2 Å². The number of alkyl halides is 3. The Kier molecular flexibility index (Phi) is 3.32. The molecule has 1 fully saturated rings. The molecule has 2 aromatic heterocycles. The van der Waals surface area contributed by atoms with Gasteiger partial charge in [0.15, 0.2) is 5.65 Å². The van der Waals surface area contributed by atoms with Gasteiger partial charge in [0, 0.05) is 0 Å². The zero-order chi connectivity index (χ0) is 17.2. The predicted octanol–water partition coefficient (Wildman–Crippen LogP) is 2.36. The molecule has 0 spiro atoms. The number of nitrogens with zero attached hydrogens (tertiary/aromatic N) is 3. The van der Waals surface area contributed by atoms with Crippen molar-refractivity contribution in [2.45, 2.75) is 52.0 Å². The van der Waals surface area contributed by atoms with Crippen molar-refractivity contribution in [3.05, 3.63) is 23.5 Å². The summed E-state index contributed by atoms with van der Waals surface area (Å²) in [5.74, 6) is 0. The smallest absolute Gasteiger partial charge is 0.398 e. The number of fused-ring (bicyclic) bond motifs is 1. The summed E-state index contributed by atoms with van der Waals surface area (Å²) in [5, 5.41) is 4.19. The van der Waals surface area contributed by atoms with E-state index >= 15 is 0 Å². The van der Waals surface area contributed by atoms with Crippen LogP contribution in [0, 0.1) is 6.92 Å². The Balaban J connectivity index is 2.13. The molecular formula is C14H17BF3N3O2. The monoisotopic (exact) mass is 327 g/mol. The number of imidazole rings is 1. The first kappa shape index (κ1) is 16.3. The van der Waals surface area contributed by atoms with E-state index in [9.17, 15) is 13.2 Å². The van der Waals surface area contributed by atoms with Crippen molar-refractivity contribution in [3.8, 4) is 0 Å². The van der Waals surface area contributed by atoms with E-state index in [1.165, 1.54) is 6.20 Å². The Labute approximate surface area is 131 Å². The fourth-order valence-electron chi connectivity index (χ4n) is 2.40. The summed E-state index contributed by atoms with van der Waals surface area (Å²) in [6.45, 7) is 8.94. The number of rotatable bonds is 1. The first-order valence-electron chi connectivity index (χ1n) is 7.20. The summed E-state index contributed by atoms with van der Waals surface area (Å²) in [6, 6.07) is 0.948. The van der Waals surface area contributed by atoms with E-state index in [1.807, 2.05) is 27.7 Å². The number of hydrogen-bond acceptors (Lipinski definition) is 4. The molecule has 0 N–H and O–H groups in total. The number of hydrogen-bond donors (Lipinski definition) is 0. The van der Waals surface area contributed by atoms with Crippen LogP contribution >= 0.6 is 0 Å². The third-order valence-corrected chi connectivity index (χ3v) is 4.36. The molecule has 0 bridgehead atoms. The first-order valence-corrected chi connectivity index (χ1v) is 7.20. The average molecular weight is 327 g/mol. The summed E-state index contributed by atoms with van der Waals surface area (Å²) < 4.78 is 52.7. The highest BCUT2D eigenvalue weighted by molar-refractivity contribution is 6.61. The van der Waals surface area contributed by atoms with Gasteiger partial charge in [0.2, 0.25) is 0 Å². The molecule has 0 radical (unpaired) electrons. The highest BCUT2D eigenvalue weighted by Gasteiger charge is 2.53. The largest absolute Gasteiger partial charge is 0.516 e. The van der Waals surface area contributed by atoms with Gasteiger partial charge in [-0.15, -0.1) is 0 Å². The third-order valence-electron chi connectivity index (χ3n) is 4.36. The Morgan fingerprint density at radius 1 is 1.13 bits per heavy atom. The van der Waals surface area contributed by atoms with E-state index in [0.29, 0.717) is 5.69 Å². The van der Waals surface area contributed by atoms with Gasteiger partial charge >= 0.3 is 13.3 Å². The van der Waals surface area contributed by atoms with Gasteiger partial charge in [0.1, 0.15) is 5.56 Å². The molecule has 0 saturated carbocycles. The summed E-state index contributed by atoms with van der Waals surface area (Å²) in [4.78, 5) is 3.90. The lowest BCUT2D eigenvalue weighted by Crippen LogP contribution is -2.41. The lowest BCUT2D eigenvalue weighted by Gasteiger charge is -2.32. The third kappa shape index (κ3) is 2.61. The Bertz CT molecular complexity index is 754. The van der Waals surface area contributed by atoms with Crippen LogP contribution in [0.25, 0.3) is 5.65 Å². The maximum atomic E-state index is 13.3. The van der Waals surface area contributed by atoms with Gasteiger partial charge in [-0.3, -0.25) is 0 Å². The molecule has 0 aliphatic carbocycles. The molecule has 124 valence electrons. The highest BCUT2D eigenvalue weighted by atomic mass is 19.4. The van der Waals surface area contributed by atoms with E-state index in [1.54, 1.807) is 6.92 Å². The molecule has 3 heterocycles. The fraction of sp³-hybridized carbons (Fsp3) is 0.571. The molecule has 1 saturated heterocycles. The Morgan fingerprint density at radius 3 is 2.22 bits per heavy atom. The van der Waals surface area contributed by atoms with Crippen LogP contribution < -0.4 is 5.59 Å². The minimum Gasteiger partial charge on any atom is -0.398 e. The van der Waals surface area contributed by atoms with Crippen LogP contribution in [0.1, 0.15) is 39.0 Å². The quantitative estimate of drug-likeness (QED) is 0.755. The van der Waals surface area contributed by atoms with Crippen molar-refractivity contribution in [1.82, 2.24) is 14.6 Å². The van der Waals surface area contributed by atoms with E-state index < -0.39 is 30.1 Å². The summed E-state index contributed by atoms with van der Waals surface area (Å²) in [6.07, 6.45) is -3.10. The molecule has 0 amide bonds. The van der Waals surface area contributed by atoms with E-state index in [0.717, 1.165) is 10.6 Å². The van der Waals surface area contributed by atoms with Crippen LogP contribution in [0.3, 0.4) is 0 Å².